The normalized spacial score (nSPS) is 24.8. The van der Waals surface area contributed by atoms with Gasteiger partial charge in [-0.2, -0.15) is 0 Å². The molecular formula is C22H25N3O2. The van der Waals surface area contributed by atoms with Gasteiger partial charge in [0, 0.05) is 18.1 Å². The molecule has 1 aromatic carbocycles. The van der Waals surface area contributed by atoms with Crippen LogP contribution in [0.25, 0.3) is 0 Å². The molecule has 2 amide bonds. The van der Waals surface area contributed by atoms with Crippen LogP contribution in [0.1, 0.15) is 37.3 Å². The Balaban J connectivity index is 1.36. The molecule has 4 rings (SSSR count). The maximum absolute atomic E-state index is 12.6. The Morgan fingerprint density at radius 2 is 1.63 bits per heavy atom. The quantitative estimate of drug-likeness (QED) is 0.827. The van der Waals surface area contributed by atoms with Crippen LogP contribution < -0.4 is 5.32 Å². The van der Waals surface area contributed by atoms with Crippen LogP contribution in [-0.4, -0.2) is 28.4 Å². The summed E-state index contributed by atoms with van der Waals surface area (Å²) in [6.07, 6.45) is 7.18. The van der Waals surface area contributed by atoms with Crippen molar-refractivity contribution in [3.05, 3.63) is 59.9 Å². The second kappa shape index (κ2) is 7.51. The highest BCUT2D eigenvalue weighted by atomic mass is 16.2. The molecule has 2 aromatic rings. The number of aromatic nitrogens is 1. The van der Waals surface area contributed by atoms with Gasteiger partial charge in [-0.3, -0.25) is 19.5 Å². The van der Waals surface area contributed by atoms with E-state index in [1.165, 1.54) is 16.0 Å². The van der Waals surface area contributed by atoms with Crippen LogP contribution >= 0.6 is 0 Å². The number of imide groups is 1. The lowest BCUT2D eigenvalue weighted by Crippen LogP contribution is -2.35. The van der Waals surface area contributed by atoms with E-state index < -0.39 is 0 Å². The molecule has 0 spiro atoms. The highest BCUT2D eigenvalue weighted by Crippen LogP contribution is 2.40. The van der Waals surface area contributed by atoms with Gasteiger partial charge < -0.3 is 5.32 Å². The molecule has 1 aliphatic carbocycles. The Labute approximate surface area is 159 Å². The number of anilines is 1. The zero-order valence-electron chi connectivity index (χ0n) is 15.6. The molecule has 140 valence electrons. The minimum absolute atomic E-state index is 0.00120. The van der Waals surface area contributed by atoms with Gasteiger partial charge >= 0.3 is 0 Å². The maximum atomic E-state index is 12.6. The van der Waals surface area contributed by atoms with Gasteiger partial charge in [0.25, 0.3) is 0 Å². The van der Waals surface area contributed by atoms with Crippen LogP contribution in [0.2, 0.25) is 0 Å². The first-order valence-corrected chi connectivity index (χ1v) is 9.69. The molecule has 5 heteroatoms. The van der Waals surface area contributed by atoms with Crippen LogP contribution in [0.3, 0.4) is 0 Å². The molecule has 3 atom stereocenters. The number of hydrogen-bond acceptors (Lipinski definition) is 4. The summed E-state index contributed by atoms with van der Waals surface area (Å²) in [6, 6.07) is 12.1. The van der Waals surface area contributed by atoms with E-state index in [1.54, 1.807) is 12.4 Å². The molecule has 2 heterocycles. The zero-order chi connectivity index (χ0) is 18.8. The average Bonchev–Trinajstić information content (AvgIpc) is 2.92. The molecule has 1 saturated carbocycles. The SMILES string of the molecule is C[C@@H]1CC[C@@H]2C(=O)N(CNc3ccc(Cc4ccncc4)cc3)C(=O)[C@@H]2C1. The van der Waals surface area contributed by atoms with Gasteiger partial charge in [0.05, 0.1) is 18.5 Å². The van der Waals surface area contributed by atoms with E-state index in [0.29, 0.717) is 5.92 Å². The summed E-state index contributed by atoms with van der Waals surface area (Å²) in [5, 5.41) is 3.23. The summed E-state index contributed by atoms with van der Waals surface area (Å²) in [7, 11) is 0. The van der Waals surface area contributed by atoms with E-state index in [4.69, 9.17) is 0 Å². The molecule has 0 unspecified atom stereocenters. The number of rotatable bonds is 5. The van der Waals surface area contributed by atoms with Crippen LogP contribution in [0.5, 0.6) is 0 Å². The van der Waals surface area contributed by atoms with Crippen molar-refractivity contribution in [1.82, 2.24) is 9.88 Å². The third-order valence-electron chi connectivity index (χ3n) is 5.83. The van der Waals surface area contributed by atoms with Crippen molar-refractivity contribution in [2.24, 2.45) is 17.8 Å². The summed E-state index contributed by atoms with van der Waals surface area (Å²) in [5.41, 5.74) is 3.34. The number of amides is 2. The maximum Gasteiger partial charge on any atom is 0.234 e. The fourth-order valence-corrected chi connectivity index (χ4v) is 4.26. The Bertz CT molecular complexity index is 819. The van der Waals surface area contributed by atoms with E-state index in [9.17, 15) is 9.59 Å². The Hall–Kier alpha value is -2.69. The van der Waals surface area contributed by atoms with Crippen molar-refractivity contribution < 1.29 is 9.59 Å². The van der Waals surface area contributed by atoms with Crippen LogP contribution in [0, 0.1) is 17.8 Å². The van der Waals surface area contributed by atoms with E-state index in [-0.39, 0.29) is 30.3 Å². The Morgan fingerprint density at radius 1 is 0.963 bits per heavy atom. The first-order chi connectivity index (χ1) is 13.1. The van der Waals surface area contributed by atoms with E-state index in [2.05, 4.69) is 29.4 Å². The second-order valence-electron chi connectivity index (χ2n) is 7.80. The molecule has 27 heavy (non-hydrogen) atoms. The number of pyridine rings is 1. The molecule has 2 fully saturated rings. The predicted octanol–water partition coefficient (Wildman–Crippen LogP) is 3.46. The standard InChI is InChI=1S/C22H25N3O2/c1-15-2-7-19-20(12-15)22(27)25(21(19)26)14-24-18-5-3-16(4-6-18)13-17-8-10-23-11-9-17/h3-6,8-11,15,19-20,24H,2,7,12-14H2,1H3/t15-,19+,20-/m1/s1. The van der Waals surface area contributed by atoms with E-state index in [1.807, 2.05) is 24.3 Å². The van der Waals surface area contributed by atoms with E-state index >= 15 is 0 Å². The van der Waals surface area contributed by atoms with Gasteiger partial charge in [0.15, 0.2) is 0 Å². The number of fused-ring (bicyclic) bond motifs is 1. The molecule has 0 radical (unpaired) electrons. The van der Waals surface area contributed by atoms with E-state index in [0.717, 1.165) is 31.4 Å². The number of carbonyl (C=O) groups is 2. The van der Waals surface area contributed by atoms with Crippen molar-refractivity contribution in [3.8, 4) is 0 Å². The van der Waals surface area contributed by atoms with Gasteiger partial charge in [-0.25, -0.2) is 0 Å². The fourth-order valence-electron chi connectivity index (χ4n) is 4.26. The van der Waals surface area contributed by atoms with Crippen molar-refractivity contribution in [2.45, 2.75) is 32.6 Å². The predicted molar refractivity (Wildman–Crippen MR) is 104 cm³/mol. The first kappa shape index (κ1) is 17.7. The van der Waals surface area contributed by atoms with Crippen LogP contribution in [-0.2, 0) is 16.0 Å². The Kier molecular flexibility index (Phi) is 4.92. The third-order valence-corrected chi connectivity index (χ3v) is 5.83. The van der Waals surface area contributed by atoms with Crippen molar-refractivity contribution in [1.29, 1.82) is 0 Å². The summed E-state index contributed by atoms with van der Waals surface area (Å²) in [6.45, 7) is 2.42. The third kappa shape index (κ3) is 3.72. The van der Waals surface area contributed by atoms with Gasteiger partial charge in [0.2, 0.25) is 11.8 Å². The van der Waals surface area contributed by atoms with Crippen molar-refractivity contribution in [3.63, 3.8) is 0 Å². The monoisotopic (exact) mass is 363 g/mol. The molecule has 1 aromatic heterocycles. The van der Waals surface area contributed by atoms with Crippen LogP contribution in [0.4, 0.5) is 5.69 Å². The minimum Gasteiger partial charge on any atom is -0.367 e. The molecule has 2 aliphatic rings. The molecule has 1 aliphatic heterocycles. The second-order valence-corrected chi connectivity index (χ2v) is 7.80. The van der Waals surface area contributed by atoms with Crippen molar-refractivity contribution in [2.75, 3.05) is 12.0 Å². The summed E-state index contributed by atoms with van der Waals surface area (Å²) in [5.74, 6) is 0.324. The topological polar surface area (TPSA) is 62.3 Å². The number of carbonyl (C=O) groups excluding carboxylic acids is 2. The lowest BCUT2D eigenvalue weighted by molar-refractivity contribution is -0.139. The summed E-state index contributed by atoms with van der Waals surface area (Å²) >= 11 is 0. The number of hydrogen-bond donors (Lipinski definition) is 1. The number of nitrogens with one attached hydrogen (secondary N) is 1. The molecule has 1 N–H and O–H groups in total. The molecule has 0 bridgehead atoms. The van der Waals surface area contributed by atoms with Crippen LogP contribution in [0.15, 0.2) is 48.8 Å². The average molecular weight is 363 g/mol. The van der Waals surface area contributed by atoms with Gasteiger partial charge in [-0.05, 0) is 67.0 Å². The highest BCUT2D eigenvalue weighted by Gasteiger charge is 2.49. The zero-order valence-corrected chi connectivity index (χ0v) is 15.6. The van der Waals surface area contributed by atoms with Crippen molar-refractivity contribution >= 4 is 17.5 Å². The minimum atomic E-state index is -0.106. The molecule has 5 nitrogen and oxygen atoms in total. The highest BCUT2D eigenvalue weighted by molar-refractivity contribution is 6.05. The number of benzene rings is 1. The Morgan fingerprint density at radius 3 is 2.37 bits per heavy atom. The smallest absolute Gasteiger partial charge is 0.234 e. The lowest BCUT2D eigenvalue weighted by Gasteiger charge is -2.25. The first-order valence-electron chi connectivity index (χ1n) is 9.69. The number of likely N-dealkylation sites (tertiary alicyclic amines) is 1. The summed E-state index contributed by atoms with van der Waals surface area (Å²) < 4.78 is 0. The molecular weight excluding hydrogens is 338 g/mol. The fraction of sp³-hybridized carbons (Fsp3) is 0.409. The number of nitrogens with zero attached hydrogens (tertiary/aromatic N) is 2. The van der Waals surface area contributed by atoms with Gasteiger partial charge in [-0.1, -0.05) is 19.1 Å². The van der Waals surface area contributed by atoms with Gasteiger partial charge in [0.1, 0.15) is 0 Å². The largest absolute Gasteiger partial charge is 0.367 e. The molecule has 1 saturated heterocycles. The summed E-state index contributed by atoms with van der Waals surface area (Å²) in [4.78, 5) is 30.7. The lowest BCUT2D eigenvalue weighted by atomic mass is 9.76. The van der Waals surface area contributed by atoms with Gasteiger partial charge in [-0.15, -0.1) is 0 Å².